The Hall–Kier alpha value is -1.56. The van der Waals surface area contributed by atoms with Crippen molar-refractivity contribution in [2.75, 3.05) is 26.1 Å². The third-order valence-electron chi connectivity index (χ3n) is 3.12. The lowest BCUT2D eigenvalue weighted by atomic mass is 10.1. The summed E-state index contributed by atoms with van der Waals surface area (Å²) in [7, 11) is 1.51. The molecule has 0 radical (unpaired) electrons. The minimum atomic E-state index is -0.0531. The maximum atomic E-state index is 11.8. The van der Waals surface area contributed by atoms with E-state index in [1.807, 2.05) is 0 Å². The van der Waals surface area contributed by atoms with Crippen LogP contribution in [0.3, 0.4) is 0 Å². The van der Waals surface area contributed by atoms with Crippen LogP contribution in [0.5, 0.6) is 11.9 Å². The van der Waals surface area contributed by atoms with Gasteiger partial charge in [-0.3, -0.25) is 4.79 Å². The zero-order chi connectivity index (χ0) is 14.4. The molecule has 20 heavy (non-hydrogen) atoms. The van der Waals surface area contributed by atoms with E-state index in [1.54, 1.807) is 17.2 Å². The van der Waals surface area contributed by atoms with E-state index < -0.39 is 0 Å². The minimum Gasteiger partial charge on any atom is -0.472 e. The Morgan fingerprint density at radius 3 is 3.20 bits per heavy atom. The molecule has 1 saturated heterocycles. The van der Waals surface area contributed by atoms with Gasteiger partial charge >= 0.3 is 6.01 Å². The van der Waals surface area contributed by atoms with Crippen LogP contribution in [0.2, 0.25) is 0 Å². The molecule has 0 saturated carbocycles. The van der Waals surface area contributed by atoms with E-state index in [-0.39, 0.29) is 18.0 Å². The molecule has 2 heterocycles. The van der Waals surface area contributed by atoms with Crippen LogP contribution in [-0.2, 0) is 4.79 Å². The number of methoxy groups -OCH3 is 1. The minimum absolute atomic E-state index is 0.0531. The first kappa shape index (κ1) is 14.8. The molecule has 0 aliphatic carbocycles. The zero-order valence-electron chi connectivity index (χ0n) is 11.4. The third kappa shape index (κ3) is 3.96. The Balaban J connectivity index is 1.93. The van der Waals surface area contributed by atoms with Crippen molar-refractivity contribution < 1.29 is 14.3 Å². The number of nitrogens with zero attached hydrogens (tertiary/aromatic N) is 3. The molecule has 1 aromatic heterocycles. The number of carbonyl (C=O) groups is 1. The molecule has 1 fully saturated rings. The standard InChI is InChI=1S/C13H18ClN3O3/c1-19-13-15-7-5-11(16-13)20-10-3-2-8-17(9-10)12(18)4-6-14/h5,7,10H,2-4,6,8-9H2,1H3. The Labute approximate surface area is 123 Å². The molecule has 110 valence electrons. The zero-order valence-corrected chi connectivity index (χ0v) is 12.2. The van der Waals surface area contributed by atoms with Gasteiger partial charge in [0.2, 0.25) is 11.8 Å². The van der Waals surface area contributed by atoms with Gasteiger partial charge in [0.25, 0.3) is 0 Å². The van der Waals surface area contributed by atoms with Crippen molar-refractivity contribution >= 4 is 17.5 Å². The molecule has 1 unspecified atom stereocenters. The largest absolute Gasteiger partial charge is 0.472 e. The summed E-state index contributed by atoms with van der Waals surface area (Å²) in [6.45, 7) is 1.34. The second kappa shape index (κ2) is 7.28. The highest BCUT2D eigenvalue weighted by Crippen LogP contribution is 2.18. The van der Waals surface area contributed by atoms with E-state index in [1.165, 1.54) is 7.11 Å². The van der Waals surface area contributed by atoms with Crippen molar-refractivity contribution in [2.45, 2.75) is 25.4 Å². The summed E-state index contributed by atoms with van der Waals surface area (Å²) < 4.78 is 10.8. The van der Waals surface area contributed by atoms with Gasteiger partial charge in [0.1, 0.15) is 6.10 Å². The lowest BCUT2D eigenvalue weighted by Crippen LogP contribution is -2.44. The average molecular weight is 300 g/mol. The number of rotatable bonds is 5. The summed E-state index contributed by atoms with van der Waals surface area (Å²) in [5, 5.41) is 0. The molecule has 1 aliphatic rings. The van der Waals surface area contributed by atoms with Gasteiger partial charge in [-0.2, -0.15) is 4.98 Å². The van der Waals surface area contributed by atoms with Crippen LogP contribution in [0.1, 0.15) is 19.3 Å². The van der Waals surface area contributed by atoms with Crippen molar-refractivity contribution in [3.05, 3.63) is 12.3 Å². The maximum Gasteiger partial charge on any atom is 0.319 e. The lowest BCUT2D eigenvalue weighted by Gasteiger charge is -2.32. The molecule has 7 heteroatoms. The first-order valence-electron chi connectivity index (χ1n) is 6.60. The van der Waals surface area contributed by atoms with Crippen LogP contribution in [-0.4, -0.2) is 53.0 Å². The number of alkyl halides is 1. The topological polar surface area (TPSA) is 64.6 Å². The van der Waals surface area contributed by atoms with E-state index in [0.29, 0.717) is 24.7 Å². The summed E-state index contributed by atoms with van der Waals surface area (Å²) in [6, 6.07) is 1.95. The van der Waals surface area contributed by atoms with Gasteiger partial charge in [0.15, 0.2) is 0 Å². The predicted octanol–water partition coefficient (Wildman–Crippen LogP) is 1.48. The number of piperidine rings is 1. The van der Waals surface area contributed by atoms with Gasteiger partial charge in [-0.1, -0.05) is 0 Å². The Morgan fingerprint density at radius 1 is 1.60 bits per heavy atom. The number of aromatic nitrogens is 2. The molecule has 0 aromatic carbocycles. The molecular formula is C13H18ClN3O3. The van der Waals surface area contributed by atoms with Crippen molar-refractivity contribution in [3.63, 3.8) is 0 Å². The molecule has 6 nitrogen and oxygen atoms in total. The quantitative estimate of drug-likeness (QED) is 0.771. The van der Waals surface area contributed by atoms with Crippen molar-refractivity contribution in [3.8, 4) is 11.9 Å². The number of hydrogen-bond acceptors (Lipinski definition) is 5. The Bertz CT molecular complexity index is 458. The average Bonchev–Trinajstić information content (AvgIpc) is 2.48. The van der Waals surface area contributed by atoms with E-state index in [4.69, 9.17) is 21.1 Å². The highest BCUT2D eigenvalue weighted by Gasteiger charge is 2.24. The van der Waals surface area contributed by atoms with Gasteiger partial charge in [0, 0.05) is 31.1 Å². The molecule has 1 amide bonds. The molecule has 2 rings (SSSR count). The van der Waals surface area contributed by atoms with Gasteiger partial charge < -0.3 is 14.4 Å². The van der Waals surface area contributed by atoms with Gasteiger partial charge in [-0.25, -0.2) is 4.98 Å². The summed E-state index contributed by atoms with van der Waals surface area (Å²) >= 11 is 5.61. The number of halogens is 1. The lowest BCUT2D eigenvalue weighted by molar-refractivity contribution is -0.133. The van der Waals surface area contributed by atoms with E-state index in [2.05, 4.69) is 9.97 Å². The molecule has 1 aromatic rings. The van der Waals surface area contributed by atoms with Gasteiger partial charge in [-0.15, -0.1) is 11.6 Å². The summed E-state index contributed by atoms with van der Waals surface area (Å²) in [5.74, 6) is 0.895. The fraction of sp³-hybridized carbons (Fsp3) is 0.615. The molecule has 1 atom stereocenters. The van der Waals surface area contributed by atoms with Crippen molar-refractivity contribution in [1.29, 1.82) is 0 Å². The molecule has 0 spiro atoms. The number of hydrogen-bond donors (Lipinski definition) is 0. The maximum absolute atomic E-state index is 11.8. The Kier molecular flexibility index (Phi) is 5.40. The second-order valence-electron chi connectivity index (χ2n) is 4.54. The van der Waals surface area contributed by atoms with E-state index in [0.717, 1.165) is 19.4 Å². The first-order valence-corrected chi connectivity index (χ1v) is 7.14. The number of carbonyl (C=O) groups excluding carboxylic acids is 1. The molecule has 1 aliphatic heterocycles. The van der Waals surface area contributed by atoms with Gasteiger partial charge in [-0.05, 0) is 12.8 Å². The highest BCUT2D eigenvalue weighted by atomic mass is 35.5. The smallest absolute Gasteiger partial charge is 0.319 e. The first-order chi connectivity index (χ1) is 9.72. The molecular weight excluding hydrogens is 282 g/mol. The van der Waals surface area contributed by atoms with Crippen LogP contribution in [0, 0.1) is 0 Å². The molecule has 0 bridgehead atoms. The highest BCUT2D eigenvalue weighted by molar-refractivity contribution is 6.18. The third-order valence-corrected chi connectivity index (χ3v) is 3.31. The number of ether oxygens (including phenoxy) is 2. The van der Waals surface area contributed by atoms with Gasteiger partial charge in [0.05, 0.1) is 13.7 Å². The fourth-order valence-electron chi connectivity index (χ4n) is 2.16. The Morgan fingerprint density at radius 2 is 2.45 bits per heavy atom. The van der Waals surface area contributed by atoms with Crippen molar-refractivity contribution in [1.82, 2.24) is 14.9 Å². The SMILES string of the molecule is COc1nccc(OC2CCCN(C(=O)CCCl)C2)n1. The number of amides is 1. The summed E-state index contributed by atoms with van der Waals surface area (Å²) in [4.78, 5) is 21.7. The van der Waals surface area contributed by atoms with Crippen LogP contribution in [0.4, 0.5) is 0 Å². The van der Waals surface area contributed by atoms with E-state index in [9.17, 15) is 4.79 Å². The van der Waals surface area contributed by atoms with Crippen LogP contribution < -0.4 is 9.47 Å². The van der Waals surface area contributed by atoms with Crippen LogP contribution in [0.25, 0.3) is 0 Å². The summed E-state index contributed by atoms with van der Waals surface area (Å²) in [5.41, 5.74) is 0. The predicted molar refractivity (Wildman–Crippen MR) is 74.2 cm³/mol. The monoisotopic (exact) mass is 299 g/mol. The van der Waals surface area contributed by atoms with Crippen LogP contribution in [0.15, 0.2) is 12.3 Å². The second-order valence-corrected chi connectivity index (χ2v) is 4.92. The number of likely N-dealkylation sites (tertiary alicyclic amines) is 1. The van der Waals surface area contributed by atoms with Crippen LogP contribution >= 0.6 is 11.6 Å². The normalized spacial score (nSPS) is 18.7. The van der Waals surface area contributed by atoms with Crippen molar-refractivity contribution in [2.24, 2.45) is 0 Å². The molecule has 0 N–H and O–H groups in total. The van der Waals surface area contributed by atoms with E-state index >= 15 is 0 Å². The summed E-state index contributed by atoms with van der Waals surface area (Å²) in [6.07, 6.45) is 3.72. The fourth-order valence-corrected chi connectivity index (χ4v) is 2.32.